The van der Waals surface area contributed by atoms with Crippen molar-refractivity contribution < 1.29 is 9.53 Å². The van der Waals surface area contributed by atoms with Gasteiger partial charge in [0.1, 0.15) is 6.61 Å². The number of rotatable bonds is 7. The molecule has 0 aromatic heterocycles. The highest BCUT2D eigenvalue weighted by atomic mass is 16.5. The SMILES string of the molecule is O=C(/C=C(/NCc1ccccc1)c1ccccc1)OCc1ccccc1. The molecule has 0 amide bonds. The fourth-order valence-electron chi connectivity index (χ4n) is 2.54. The molecule has 0 saturated carbocycles. The van der Waals surface area contributed by atoms with Gasteiger partial charge < -0.3 is 10.1 Å². The van der Waals surface area contributed by atoms with Crippen LogP contribution in [0.1, 0.15) is 16.7 Å². The van der Waals surface area contributed by atoms with Gasteiger partial charge >= 0.3 is 5.97 Å². The molecule has 0 bridgehead atoms. The Kier molecular flexibility index (Phi) is 6.21. The second-order valence-corrected chi connectivity index (χ2v) is 5.86. The maximum absolute atomic E-state index is 12.3. The Hall–Kier alpha value is -3.33. The van der Waals surface area contributed by atoms with Crippen molar-refractivity contribution in [3.8, 4) is 0 Å². The Labute approximate surface area is 154 Å². The number of esters is 1. The third-order valence-electron chi connectivity index (χ3n) is 3.90. The average Bonchev–Trinajstić information content (AvgIpc) is 2.72. The third-order valence-corrected chi connectivity index (χ3v) is 3.90. The minimum atomic E-state index is -0.367. The Morgan fingerprint density at radius 2 is 1.31 bits per heavy atom. The molecule has 0 spiro atoms. The van der Waals surface area contributed by atoms with Crippen LogP contribution in [0.25, 0.3) is 5.70 Å². The highest BCUT2D eigenvalue weighted by Gasteiger charge is 2.06. The van der Waals surface area contributed by atoms with Gasteiger partial charge in [-0.25, -0.2) is 4.79 Å². The van der Waals surface area contributed by atoms with E-state index < -0.39 is 0 Å². The van der Waals surface area contributed by atoms with Crippen molar-refractivity contribution in [2.75, 3.05) is 0 Å². The number of hydrogen-bond donors (Lipinski definition) is 1. The van der Waals surface area contributed by atoms with E-state index in [4.69, 9.17) is 4.74 Å². The molecular formula is C23H21NO2. The smallest absolute Gasteiger partial charge is 0.333 e. The molecule has 130 valence electrons. The predicted molar refractivity (Wildman–Crippen MR) is 104 cm³/mol. The lowest BCUT2D eigenvalue weighted by Crippen LogP contribution is -2.14. The van der Waals surface area contributed by atoms with Crippen LogP contribution < -0.4 is 5.32 Å². The number of carbonyl (C=O) groups is 1. The number of hydrogen-bond acceptors (Lipinski definition) is 3. The van der Waals surface area contributed by atoms with Crippen LogP contribution in [0, 0.1) is 0 Å². The van der Waals surface area contributed by atoms with Crippen LogP contribution in [-0.2, 0) is 22.7 Å². The van der Waals surface area contributed by atoms with Gasteiger partial charge in [0.2, 0.25) is 0 Å². The average molecular weight is 343 g/mol. The van der Waals surface area contributed by atoms with Gasteiger partial charge in [0.25, 0.3) is 0 Å². The minimum Gasteiger partial charge on any atom is -0.458 e. The second kappa shape index (κ2) is 9.23. The Bertz CT molecular complexity index is 843. The van der Waals surface area contributed by atoms with Crippen LogP contribution in [0.3, 0.4) is 0 Å². The first kappa shape index (κ1) is 17.5. The Morgan fingerprint density at radius 1 is 0.769 bits per heavy atom. The first-order valence-corrected chi connectivity index (χ1v) is 8.57. The molecule has 26 heavy (non-hydrogen) atoms. The molecule has 3 rings (SSSR count). The minimum absolute atomic E-state index is 0.261. The first-order valence-electron chi connectivity index (χ1n) is 8.57. The predicted octanol–water partition coefficient (Wildman–Crippen LogP) is 4.56. The van der Waals surface area contributed by atoms with Gasteiger partial charge in [0, 0.05) is 18.3 Å². The summed E-state index contributed by atoms with van der Waals surface area (Å²) in [4.78, 5) is 12.3. The van der Waals surface area contributed by atoms with Gasteiger partial charge in [0.05, 0.1) is 0 Å². The van der Waals surface area contributed by atoms with Crippen molar-refractivity contribution in [2.24, 2.45) is 0 Å². The van der Waals surface area contributed by atoms with Crippen LogP contribution in [0.5, 0.6) is 0 Å². The summed E-state index contributed by atoms with van der Waals surface area (Å²) >= 11 is 0. The molecule has 3 heteroatoms. The Morgan fingerprint density at radius 3 is 1.92 bits per heavy atom. The molecule has 3 nitrogen and oxygen atoms in total. The van der Waals surface area contributed by atoms with Crippen molar-refractivity contribution in [2.45, 2.75) is 13.2 Å². The molecule has 0 unspecified atom stereocenters. The normalized spacial score (nSPS) is 11.0. The summed E-state index contributed by atoms with van der Waals surface area (Å²) in [6, 6.07) is 29.5. The van der Waals surface area contributed by atoms with E-state index in [1.807, 2.05) is 91.0 Å². The lowest BCUT2D eigenvalue weighted by atomic mass is 10.1. The van der Waals surface area contributed by atoms with Crippen molar-refractivity contribution in [1.29, 1.82) is 0 Å². The number of benzene rings is 3. The van der Waals surface area contributed by atoms with E-state index in [1.165, 1.54) is 6.08 Å². The van der Waals surface area contributed by atoms with Gasteiger partial charge in [-0.1, -0.05) is 91.0 Å². The van der Waals surface area contributed by atoms with Crippen LogP contribution in [-0.4, -0.2) is 5.97 Å². The fraction of sp³-hybridized carbons (Fsp3) is 0.0870. The summed E-state index contributed by atoms with van der Waals surface area (Å²) in [7, 11) is 0. The topological polar surface area (TPSA) is 38.3 Å². The van der Waals surface area contributed by atoms with Crippen LogP contribution in [0.15, 0.2) is 97.1 Å². The molecule has 0 heterocycles. The zero-order chi connectivity index (χ0) is 18.0. The maximum Gasteiger partial charge on any atom is 0.333 e. The molecule has 0 atom stereocenters. The van der Waals surface area contributed by atoms with E-state index in [0.717, 1.165) is 22.4 Å². The van der Waals surface area contributed by atoms with E-state index in [1.54, 1.807) is 0 Å². The highest BCUT2D eigenvalue weighted by molar-refractivity contribution is 5.90. The first-order chi connectivity index (χ1) is 12.8. The molecule has 0 fully saturated rings. The van der Waals surface area contributed by atoms with Gasteiger partial charge in [-0.2, -0.15) is 0 Å². The maximum atomic E-state index is 12.3. The second-order valence-electron chi connectivity index (χ2n) is 5.86. The summed E-state index contributed by atoms with van der Waals surface area (Å²) in [6.07, 6.45) is 1.52. The number of carbonyl (C=O) groups excluding carboxylic acids is 1. The summed E-state index contributed by atoms with van der Waals surface area (Å²) < 4.78 is 5.38. The zero-order valence-corrected chi connectivity index (χ0v) is 14.5. The molecule has 0 aliphatic carbocycles. The fourth-order valence-corrected chi connectivity index (χ4v) is 2.54. The standard InChI is InChI=1S/C23H21NO2/c25-23(26-18-20-12-6-2-7-13-20)16-22(21-14-8-3-9-15-21)24-17-19-10-4-1-5-11-19/h1-16,24H,17-18H2/b22-16+. The van der Waals surface area contributed by atoms with E-state index in [2.05, 4.69) is 5.32 Å². The van der Waals surface area contributed by atoms with Crippen molar-refractivity contribution in [3.63, 3.8) is 0 Å². The highest BCUT2D eigenvalue weighted by Crippen LogP contribution is 2.13. The van der Waals surface area contributed by atoms with Gasteiger partial charge in [-0.15, -0.1) is 0 Å². The van der Waals surface area contributed by atoms with Crippen molar-refractivity contribution >= 4 is 11.7 Å². The molecule has 3 aromatic rings. The van der Waals surface area contributed by atoms with E-state index in [-0.39, 0.29) is 12.6 Å². The van der Waals surface area contributed by atoms with Crippen LogP contribution in [0.4, 0.5) is 0 Å². The van der Waals surface area contributed by atoms with E-state index in [0.29, 0.717) is 6.54 Å². The summed E-state index contributed by atoms with van der Waals surface area (Å²) in [5, 5.41) is 3.34. The third kappa shape index (κ3) is 5.35. The van der Waals surface area contributed by atoms with E-state index in [9.17, 15) is 4.79 Å². The van der Waals surface area contributed by atoms with Crippen LogP contribution >= 0.6 is 0 Å². The monoisotopic (exact) mass is 343 g/mol. The number of nitrogens with one attached hydrogen (secondary N) is 1. The quantitative estimate of drug-likeness (QED) is 0.505. The largest absolute Gasteiger partial charge is 0.458 e. The van der Waals surface area contributed by atoms with Crippen molar-refractivity contribution in [1.82, 2.24) is 5.32 Å². The molecule has 0 aliphatic heterocycles. The van der Waals surface area contributed by atoms with Crippen LogP contribution in [0.2, 0.25) is 0 Å². The van der Waals surface area contributed by atoms with Gasteiger partial charge in [-0.3, -0.25) is 0 Å². The molecule has 3 aromatic carbocycles. The lowest BCUT2D eigenvalue weighted by molar-refractivity contribution is -0.138. The van der Waals surface area contributed by atoms with Crippen molar-refractivity contribution in [3.05, 3.63) is 114 Å². The molecule has 1 N–H and O–H groups in total. The molecule has 0 saturated heterocycles. The number of ether oxygens (including phenoxy) is 1. The zero-order valence-electron chi connectivity index (χ0n) is 14.5. The summed E-state index contributed by atoms with van der Waals surface area (Å²) in [5.74, 6) is -0.367. The summed E-state index contributed by atoms with van der Waals surface area (Å²) in [5.41, 5.74) is 3.80. The molecule has 0 radical (unpaired) electrons. The van der Waals surface area contributed by atoms with Gasteiger partial charge in [0.15, 0.2) is 0 Å². The van der Waals surface area contributed by atoms with E-state index >= 15 is 0 Å². The molecule has 0 aliphatic rings. The van der Waals surface area contributed by atoms with Gasteiger partial charge in [-0.05, 0) is 16.7 Å². The Balaban J connectivity index is 1.69. The molecular weight excluding hydrogens is 322 g/mol. The lowest BCUT2D eigenvalue weighted by Gasteiger charge is -2.12. The summed E-state index contributed by atoms with van der Waals surface area (Å²) in [6.45, 7) is 0.893.